The maximum Gasteiger partial charge on any atom is 0.000256 e. The molecule has 0 spiro atoms. The molecular formula is C9H15Cl. The lowest BCUT2D eigenvalue weighted by molar-refractivity contribution is 0.361. The summed E-state index contributed by atoms with van der Waals surface area (Å²) in [4.78, 5) is 0. The largest absolute Gasteiger partial charge is 0.0933 e. The maximum atomic E-state index is 5.44. The SMILES string of the molecule is Cl/C=C/CC1CCCCC1. The standard InChI is InChI=1S/C9H15Cl/c10-8-4-7-9-5-2-1-3-6-9/h4,8-9H,1-3,5-7H2/b8-4+. The lowest BCUT2D eigenvalue weighted by Gasteiger charge is -2.19. The van der Waals surface area contributed by atoms with Gasteiger partial charge in [0.25, 0.3) is 0 Å². The van der Waals surface area contributed by atoms with Gasteiger partial charge < -0.3 is 0 Å². The molecule has 0 nitrogen and oxygen atoms in total. The van der Waals surface area contributed by atoms with E-state index in [9.17, 15) is 0 Å². The van der Waals surface area contributed by atoms with E-state index in [1.54, 1.807) is 5.54 Å². The van der Waals surface area contributed by atoms with Crippen molar-refractivity contribution in [2.24, 2.45) is 5.92 Å². The van der Waals surface area contributed by atoms with Crippen LogP contribution in [0.4, 0.5) is 0 Å². The summed E-state index contributed by atoms with van der Waals surface area (Å²) < 4.78 is 0. The van der Waals surface area contributed by atoms with E-state index < -0.39 is 0 Å². The van der Waals surface area contributed by atoms with Crippen molar-refractivity contribution in [1.29, 1.82) is 0 Å². The number of allylic oxidation sites excluding steroid dienone is 1. The Hall–Kier alpha value is 0.0300. The molecule has 1 heteroatoms. The monoisotopic (exact) mass is 158 g/mol. The molecule has 1 fully saturated rings. The fraction of sp³-hybridized carbons (Fsp3) is 0.778. The fourth-order valence-corrected chi connectivity index (χ4v) is 1.77. The van der Waals surface area contributed by atoms with E-state index >= 15 is 0 Å². The van der Waals surface area contributed by atoms with Crippen LogP contribution in [0.25, 0.3) is 0 Å². The summed E-state index contributed by atoms with van der Waals surface area (Å²) in [5.41, 5.74) is 1.65. The average Bonchev–Trinajstić information content (AvgIpc) is 2.03. The molecule has 1 rings (SSSR count). The topological polar surface area (TPSA) is 0 Å². The lowest BCUT2D eigenvalue weighted by atomic mass is 9.87. The van der Waals surface area contributed by atoms with Crippen LogP contribution < -0.4 is 0 Å². The van der Waals surface area contributed by atoms with Crippen LogP contribution in [0, 0.1) is 5.92 Å². The van der Waals surface area contributed by atoms with Gasteiger partial charge in [0.2, 0.25) is 0 Å². The highest BCUT2D eigenvalue weighted by atomic mass is 35.5. The van der Waals surface area contributed by atoms with E-state index in [4.69, 9.17) is 11.6 Å². The third-order valence-corrected chi connectivity index (χ3v) is 2.46. The highest BCUT2D eigenvalue weighted by Crippen LogP contribution is 2.26. The summed E-state index contributed by atoms with van der Waals surface area (Å²) in [5, 5.41) is 0. The molecule has 0 aromatic carbocycles. The summed E-state index contributed by atoms with van der Waals surface area (Å²) >= 11 is 5.44. The van der Waals surface area contributed by atoms with E-state index in [-0.39, 0.29) is 0 Å². The second kappa shape index (κ2) is 4.79. The number of rotatable bonds is 2. The molecule has 0 heterocycles. The summed E-state index contributed by atoms with van der Waals surface area (Å²) in [6.45, 7) is 0. The van der Waals surface area contributed by atoms with E-state index in [1.165, 1.54) is 38.5 Å². The molecule has 0 atom stereocenters. The predicted octanol–water partition coefficient (Wildman–Crippen LogP) is 3.71. The van der Waals surface area contributed by atoms with Crippen LogP contribution in [-0.2, 0) is 0 Å². The molecule has 1 saturated carbocycles. The first-order valence-electron chi connectivity index (χ1n) is 4.18. The van der Waals surface area contributed by atoms with Crippen molar-refractivity contribution in [3.8, 4) is 0 Å². The zero-order valence-electron chi connectivity index (χ0n) is 6.35. The Balaban J connectivity index is 2.13. The summed E-state index contributed by atoms with van der Waals surface area (Å²) in [5.74, 6) is 0.934. The Morgan fingerprint density at radius 1 is 1.20 bits per heavy atom. The maximum absolute atomic E-state index is 5.44. The van der Waals surface area contributed by atoms with Crippen LogP contribution in [0.3, 0.4) is 0 Å². The second-order valence-electron chi connectivity index (χ2n) is 3.10. The molecule has 1 aliphatic rings. The first kappa shape index (κ1) is 8.13. The summed E-state index contributed by atoms with van der Waals surface area (Å²) in [7, 11) is 0. The molecule has 0 radical (unpaired) electrons. The molecule has 0 unspecified atom stereocenters. The van der Waals surface area contributed by atoms with Gasteiger partial charge in [0.15, 0.2) is 0 Å². The van der Waals surface area contributed by atoms with Gasteiger partial charge in [-0.1, -0.05) is 49.8 Å². The fourth-order valence-electron chi connectivity index (χ4n) is 1.67. The third kappa shape index (κ3) is 2.74. The Bertz CT molecular complexity index is 101. The van der Waals surface area contributed by atoms with Crippen molar-refractivity contribution < 1.29 is 0 Å². The molecule has 0 saturated heterocycles. The van der Waals surface area contributed by atoms with Crippen LogP contribution in [0.15, 0.2) is 11.6 Å². The molecule has 10 heavy (non-hydrogen) atoms. The van der Waals surface area contributed by atoms with Gasteiger partial charge in [0.05, 0.1) is 0 Å². The quantitative estimate of drug-likeness (QED) is 0.575. The predicted molar refractivity (Wildman–Crippen MR) is 46.2 cm³/mol. The smallest absolute Gasteiger partial charge is 0.000256 e. The van der Waals surface area contributed by atoms with Crippen LogP contribution in [-0.4, -0.2) is 0 Å². The van der Waals surface area contributed by atoms with E-state index in [1.807, 2.05) is 0 Å². The van der Waals surface area contributed by atoms with Crippen LogP contribution in [0.2, 0.25) is 0 Å². The van der Waals surface area contributed by atoms with Gasteiger partial charge in [-0.05, 0) is 12.3 Å². The minimum Gasteiger partial charge on any atom is -0.0933 e. The van der Waals surface area contributed by atoms with Gasteiger partial charge in [0.1, 0.15) is 0 Å². The van der Waals surface area contributed by atoms with Crippen molar-refractivity contribution in [1.82, 2.24) is 0 Å². The van der Waals surface area contributed by atoms with Crippen LogP contribution >= 0.6 is 11.6 Å². The van der Waals surface area contributed by atoms with Crippen molar-refractivity contribution in [3.63, 3.8) is 0 Å². The van der Waals surface area contributed by atoms with Gasteiger partial charge in [-0.15, -0.1) is 0 Å². The van der Waals surface area contributed by atoms with Crippen LogP contribution in [0.5, 0.6) is 0 Å². The van der Waals surface area contributed by atoms with Gasteiger partial charge >= 0.3 is 0 Å². The molecule has 1 aliphatic carbocycles. The van der Waals surface area contributed by atoms with Crippen molar-refractivity contribution in [3.05, 3.63) is 11.6 Å². The average molecular weight is 159 g/mol. The van der Waals surface area contributed by atoms with Crippen molar-refractivity contribution in [2.75, 3.05) is 0 Å². The molecule has 0 aromatic rings. The Morgan fingerprint density at radius 3 is 2.50 bits per heavy atom. The first-order chi connectivity index (χ1) is 4.93. The first-order valence-corrected chi connectivity index (χ1v) is 4.62. The van der Waals surface area contributed by atoms with Gasteiger partial charge in [-0.3, -0.25) is 0 Å². The number of hydrogen-bond acceptors (Lipinski definition) is 0. The normalized spacial score (nSPS) is 22.1. The second-order valence-corrected chi connectivity index (χ2v) is 3.35. The summed E-state index contributed by atoms with van der Waals surface area (Å²) in [6, 6.07) is 0. The van der Waals surface area contributed by atoms with E-state index in [0.717, 1.165) is 5.92 Å². The molecule has 0 bridgehead atoms. The minimum absolute atomic E-state index is 0.934. The minimum atomic E-state index is 0.934. The Labute approximate surface area is 68.3 Å². The Morgan fingerprint density at radius 2 is 1.90 bits per heavy atom. The van der Waals surface area contributed by atoms with Gasteiger partial charge in [-0.2, -0.15) is 0 Å². The molecule has 0 aromatic heterocycles. The number of halogens is 1. The lowest BCUT2D eigenvalue weighted by Crippen LogP contribution is -2.04. The van der Waals surface area contributed by atoms with Crippen molar-refractivity contribution >= 4 is 11.6 Å². The van der Waals surface area contributed by atoms with Gasteiger partial charge in [-0.25, -0.2) is 0 Å². The van der Waals surface area contributed by atoms with Gasteiger partial charge in [0, 0.05) is 5.54 Å². The third-order valence-electron chi connectivity index (χ3n) is 2.28. The Kier molecular flexibility index (Phi) is 3.89. The molecule has 58 valence electrons. The highest BCUT2D eigenvalue weighted by molar-refractivity contribution is 6.25. The molecular weight excluding hydrogens is 144 g/mol. The van der Waals surface area contributed by atoms with E-state index in [0.29, 0.717) is 0 Å². The van der Waals surface area contributed by atoms with E-state index in [2.05, 4.69) is 6.08 Å². The zero-order chi connectivity index (χ0) is 7.23. The van der Waals surface area contributed by atoms with Crippen LogP contribution in [0.1, 0.15) is 38.5 Å². The number of hydrogen-bond donors (Lipinski definition) is 0. The molecule has 0 N–H and O–H groups in total. The molecule has 0 amide bonds. The summed E-state index contributed by atoms with van der Waals surface area (Å²) in [6.07, 6.45) is 10.4. The van der Waals surface area contributed by atoms with Crippen molar-refractivity contribution in [2.45, 2.75) is 38.5 Å². The zero-order valence-corrected chi connectivity index (χ0v) is 7.11. The highest BCUT2D eigenvalue weighted by Gasteiger charge is 2.10. The molecule has 0 aliphatic heterocycles.